The van der Waals surface area contributed by atoms with Gasteiger partial charge in [-0.05, 0) is 12.1 Å². The lowest BCUT2D eigenvalue weighted by atomic mass is 10.2. The number of benzene rings is 1. The Kier molecular flexibility index (Phi) is 3.64. The number of carbonyl (C=O) groups is 1. The smallest absolute Gasteiger partial charge is 0.321 e. The highest BCUT2D eigenvalue weighted by Gasteiger charge is 2.32. The van der Waals surface area contributed by atoms with Gasteiger partial charge in [0.05, 0.1) is 5.37 Å². The first-order valence-electron chi connectivity index (χ1n) is 4.64. The van der Waals surface area contributed by atoms with E-state index in [4.69, 9.17) is 28.3 Å². The Bertz CT molecular complexity index is 407. The van der Waals surface area contributed by atoms with Crippen molar-refractivity contribution in [1.82, 2.24) is 5.32 Å². The van der Waals surface area contributed by atoms with Crippen LogP contribution in [0.25, 0.3) is 0 Å². The van der Waals surface area contributed by atoms with Crippen molar-refractivity contribution >= 4 is 40.9 Å². The summed E-state index contributed by atoms with van der Waals surface area (Å²) in [5.41, 5.74) is 0.764. The van der Waals surface area contributed by atoms with Gasteiger partial charge < -0.3 is 5.11 Å². The third kappa shape index (κ3) is 2.30. The maximum atomic E-state index is 10.8. The van der Waals surface area contributed by atoms with Crippen molar-refractivity contribution < 1.29 is 9.90 Å². The molecular weight excluding hydrogens is 269 g/mol. The second-order valence-corrected chi connectivity index (χ2v) is 5.36. The molecule has 2 atom stereocenters. The van der Waals surface area contributed by atoms with E-state index < -0.39 is 12.0 Å². The highest BCUT2D eigenvalue weighted by molar-refractivity contribution is 7.99. The van der Waals surface area contributed by atoms with Crippen molar-refractivity contribution in [3.05, 3.63) is 33.8 Å². The fraction of sp³-hybridized carbons (Fsp3) is 0.300. The standard InChI is InChI=1S/C10H9Cl2NO2S/c11-5-2-1-3-6(12)8(5)9-13-7(4-16-9)10(14)15/h1-3,7,9,13H,4H2,(H,14,15). The molecule has 2 N–H and O–H groups in total. The van der Waals surface area contributed by atoms with E-state index >= 15 is 0 Å². The van der Waals surface area contributed by atoms with Crippen LogP contribution >= 0.6 is 35.0 Å². The van der Waals surface area contributed by atoms with Gasteiger partial charge in [-0.1, -0.05) is 29.3 Å². The summed E-state index contributed by atoms with van der Waals surface area (Å²) < 4.78 is 0. The van der Waals surface area contributed by atoms with Gasteiger partial charge in [-0.3, -0.25) is 10.1 Å². The highest BCUT2D eigenvalue weighted by Crippen LogP contribution is 2.40. The van der Waals surface area contributed by atoms with E-state index in [1.807, 2.05) is 0 Å². The van der Waals surface area contributed by atoms with Crippen LogP contribution in [-0.4, -0.2) is 22.9 Å². The van der Waals surface area contributed by atoms with Crippen molar-refractivity contribution in [2.75, 3.05) is 5.75 Å². The molecule has 1 saturated heterocycles. The van der Waals surface area contributed by atoms with Gasteiger partial charge in [0.15, 0.2) is 0 Å². The van der Waals surface area contributed by atoms with Gasteiger partial charge >= 0.3 is 5.97 Å². The molecular formula is C10H9Cl2NO2S. The summed E-state index contributed by atoms with van der Waals surface area (Å²) >= 11 is 13.6. The van der Waals surface area contributed by atoms with Crippen LogP contribution < -0.4 is 5.32 Å². The number of halogens is 2. The van der Waals surface area contributed by atoms with Crippen molar-refractivity contribution in [2.24, 2.45) is 0 Å². The number of carboxylic acid groups (broad SMARTS) is 1. The third-order valence-electron chi connectivity index (χ3n) is 2.34. The molecule has 1 aliphatic heterocycles. The molecule has 3 nitrogen and oxygen atoms in total. The Morgan fingerprint density at radius 2 is 2.06 bits per heavy atom. The fourth-order valence-corrected chi connectivity index (χ4v) is 3.59. The minimum Gasteiger partial charge on any atom is -0.480 e. The quantitative estimate of drug-likeness (QED) is 0.873. The molecule has 1 aromatic carbocycles. The Morgan fingerprint density at radius 1 is 1.44 bits per heavy atom. The van der Waals surface area contributed by atoms with E-state index in [0.29, 0.717) is 15.8 Å². The molecule has 16 heavy (non-hydrogen) atoms. The molecule has 2 rings (SSSR count). The number of hydrogen-bond acceptors (Lipinski definition) is 3. The number of aliphatic carboxylic acids is 1. The summed E-state index contributed by atoms with van der Waals surface area (Å²) in [6.07, 6.45) is 0. The van der Waals surface area contributed by atoms with Crippen LogP contribution in [0.3, 0.4) is 0 Å². The molecule has 1 aromatic rings. The molecule has 86 valence electrons. The largest absolute Gasteiger partial charge is 0.480 e. The molecule has 1 aliphatic rings. The summed E-state index contributed by atoms with van der Waals surface area (Å²) in [4.78, 5) is 10.8. The first-order valence-corrected chi connectivity index (χ1v) is 6.44. The second kappa shape index (κ2) is 4.84. The van der Waals surface area contributed by atoms with E-state index in [1.54, 1.807) is 18.2 Å². The van der Waals surface area contributed by atoms with Gasteiger partial charge in [-0.25, -0.2) is 0 Å². The van der Waals surface area contributed by atoms with E-state index in [0.717, 1.165) is 5.56 Å². The van der Waals surface area contributed by atoms with E-state index in [-0.39, 0.29) is 5.37 Å². The average Bonchev–Trinajstić information content (AvgIpc) is 2.66. The lowest BCUT2D eigenvalue weighted by Gasteiger charge is -2.14. The molecule has 1 fully saturated rings. The van der Waals surface area contributed by atoms with Crippen molar-refractivity contribution in [3.63, 3.8) is 0 Å². The predicted molar refractivity (Wildman–Crippen MR) is 66.2 cm³/mol. The van der Waals surface area contributed by atoms with Crippen LogP contribution in [0.2, 0.25) is 10.0 Å². The lowest BCUT2D eigenvalue weighted by molar-refractivity contribution is -0.138. The van der Waals surface area contributed by atoms with E-state index in [2.05, 4.69) is 5.32 Å². The van der Waals surface area contributed by atoms with Crippen LogP contribution in [-0.2, 0) is 4.79 Å². The van der Waals surface area contributed by atoms with Crippen molar-refractivity contribution in [1.29, 1.82) is 0 Å². The number of nitrogens with one attached hydrogen (secondary N) is 1. The van der Waals surface area contributed by atoms with Gasteiger partial charge in [0, 0.05) is 21.4 Å². The SMILES string of the molecule is O=C(O)C1CSC(c2c(Cl)cccc2Cl)N1. The number of carboxylic acids is 1. The zero-order valence-corrected chi connectivity index (χ0v) is 10.4. The Morgan fingerprint density at radius 3 is 2.56 bits per heavy atom. The summed E-state index contributed by atoms with van der Waals surface area (Å²) in [6, 6.07) is 4.73. The van der Waals surface area contributed by atoms with Crippen LogP contribution in [0, 0.1) is 0 Å². The molecule has 0 radical (unpaired) electrons. The minimum absolute atomic E-state index is 0.151. The van der Waals surface area contributed by atoms with Crippen LogP contribution in [0.5, 0.6) is 0 Å². The molecule has 2 unspecified atom stereocenters. The first kappa shape index (κ1) is 12.0. The molecule has 1 heterocycles. The summed E-state index contributed by atoms with van der Waals surface area (Å²) in [5.74, 6) is -0.333. The summed E-state index contributed by atoms with van der Waals surface area (Å²) in [5, 5.41) is 12.8. The fourth-order valence-electron chi connectivity index (χ4n) is 1.54. The van der Waals surface area contributed by atoms with Crippen molar-refractivity contribution in [3.8, 4) is 0 Å². The normalized spacial score (nSPS) is 24.6. The van der Waals surface area contributed by atoms with Gasteiger partial charge in [-0.2, -0.15) is 0 Å². The van der Waals surface area contributed by atoms with Gasteiger partial charge in [-0.15, -0.1) is 11.8 Å². The van der Waals surface area contributed by atoms with E-state index in [1.165, 1.54) is 11.8 Å². The van der Waals surface area contributed by atoms with Gasteiger partial charge in [0.2, 0.25) is 0 Å². The Hall–Kier alpha value is -0.420. The highest BCUT2D eigenvalue weighted by atomic mass is 35.5. The molecule has 0 amide bonds. The summed E-state index contributed by atoms with van der Waals surface area (Å²) in [7, 11) is 0. The Labute approximate surface area is 107 Å². The molecule has 0 saturated carbocycles. The molecule has 0 aromatic heterocycles. The molecule has 0 bridgehead atoms. The number of rotatable bonds is 2. The molecule has 6 heteroatoms. The number of thioether (sulfide) groups is 1. The first-order chi connectivity index (χ1) is 7.59. The van der Waals surface area contributed by atoms with Crippen LogP contribution in [0.1, 0.15) is 10.9 Å². The average molecular weight is 278 g/mol. The topological polar surface area (TPSA) is 49.3 Å². The third-order valence-corrected chi connectivity index (χ3v) is 4.23. The lowest BCUT2D eigenvalue weighted by Crippen LogP contribution is -2.33. The Balaban J connectivity index is 2.24. The maximum Gasteiger partial charge on any atom is 0.321 e. The van der Waals surface area contributed by atoms with E-state index in [9.17, 15) is 4.79 Å². The van der Waals surface area contributed by atoms with Gasteiger partial charge in [0.1, 0.15) is 6.04 Å². The van der Waals surface area contributed by atoms with Crippen LogP contribution in [0.15, 0.2) is 18.2 Å². The predicted octanol–water partition coefficient (Wildman–Crippen LogP) is 2.78. The minimum atomic E-state index is -0.849. The number of hydrogen-bond donors (Lipinski definition) is 2. The van der Waals surface area contributed by atoms with Crippen molar-refractivity contribution in [2.45, 2.75) is 11.4 Å². The second-order valence-electron chi connectivity index (χ2n) is 3.41. The monoisotopic (exact) mass is 277 g/mol. The zero-order valence-electron chi connectivity index (χ0n) is 8.11. The summed E-state index contributed by atoms with van der Waals surface area (Å²) in [6.45, 7) is 0. The molecule has 0 spiro atoms. The molecule has 0 aliphatic carbocycles. The van der Waals surface area contributed by atoms with Crippen LogP contribution in [0.4, 0.5) is 0 Å². The van der Waals surface area contributed by atoms with Gasteiger partial charge in [0.25, 0.3) is 0 Å². The maximum absolute atomic E-state index is 10.8. The zero-order chi connectivity index (χ0) is 11.7.